The predicted molar refractivity (Wildman–Crippen MR) is 46.6 cm³/mol. The van der Waals surface area contributed by atoms with Crippen molar-refractivity contribution in [3.05, 3.63) is 0 Å². The van der Waals surface area contributed by atoms with Crippen molar-refractivity contribution in [1.29, 1.82) is 0 Å². The summed E-state index contributed by atoms with van der Waals surface area (Å²) < 4.78 is 0. The molecule has 1 fully saturated rings. The zero-order chi connectivity index (χ0) is 8.97. The van der Waals surface area contributed by atoms with Crippen LogP contribution in [0.5, 0.6) is 0 Å². The molecular weight excluding hydrogens is 154 g/mol. The minimum absolute atomic E-state index is 0.261. The minimum atomic E-state index is -0.428. The van der Waals surface area contributed by atoms with Gasteiger partial charge >= 0.3 is 0 Å². The van der Waals surface area contributed by atoms with Gasteiger partial charge < -0.3 is 9.90 Å². The normalized spacial score (nSPS) is 32.8. The van der Waals surface area contributed by atoms with Gasteiger partial charge in [-0.05, 0) is 32.6 Å². The summed E-state index contributed by atoms with van der Waals surface area (Å²) in [4.78, 5) is 10.4. The van der Waals surface area contributed by atoms with E-state index in [-0.39, 0.29) is 5.92 Å². The molecule has 3 heteroatoms. The maximum atomic E-state index is 10.4. The Kier molecular flexibility index (Phi) is 3.69. The fraction of sp³-hybridized carbons (Fsp3) is 0.889. The molecule has 0 saturated heterocycles. The Morgan fingerprint density at radius 1 is 1.42 bits per heavy atom. The van der Waals surface area contributed by atoms with Crippen molar-refractivity contribution in [2.45, 2.75) is 44.9 Å². The summed E-state index contributed by atoms with van der Waals surface area (Å²) in [6.07, 6.45) is 4.57. The molecule has 2 N–H and O–H groups in total. The molecule has 0 radical (unpaired) electrons. The van der Waals surface area contributed by atoms with Crippen molar-refractivity contribution in [1.82, 2.24) is 5.32 Å². The Morgan fingerprint density at radius 3 is 2.42 bits per heavy atom. The first-order valence-corrected chi connectivity index (χ1v) is 4.61. The summed E-state index contributed by atoms with van der Waals surface area (Å²) in [5.74, 6) is 0.261. The van der Waals surface area contributed by atoms with Crippen LogP contribution in [-0.2, 0) is 4.79 Å². The Morgan fingerprint density at radius 2 is 2.00 bits per heavy atom. The second-order valence-corrected chi connectivity index (χ2v) is 3.59. The third kappa shape index (κ3) is 2.91. The summed E-state index contributed by atoms with van der Waals surface area (Å²) in [5.41, 5.74) is 0. The standard InChI is InChI=1S/C9H17NO2/c1-7(12)10-9-4-2-8(6-11)3-5-9/h6-10,12H,2-5H2,1H3. The smallest absolute Gasteiger partial charge is 0.123 e. The van der Waals surface area contributed by atoms with Crippen LogP contribution < -0.4 is 5.32 Å². The van der Waals surface area contributed by atoms with Gasteiger partial charge in [-0.1, -0.05) is 0 Å². The predicted octanol–water partition coefficient (Wildman–Crippen LogP) is 0.672. The SMILES string of the molecule is CC(O)NC1CCC(C=O)CC1. The van der Waals surface area contributed by atoms with Gasteiger partial charge in [0.2, 0.25) is 0 Å². The zero-order valence-electron chi connectivity index (χ0n) is 7.49. The summed E-state index contributed by atoms with van der Waals surface area (Å²) in [6, 6.07) is 0.404. The van der Waals surface area contributed by atoms with Gasteiger partial charge in [0.15, 0.2) is 0 Å². The summed E-state index contributed by atoms with van der Waals surface area (Å²) in [5, 5.41) is 12.1. The van der Waals surface area contributed by atoms with Gasteiger partial charge in [0.25, 0.3) is 0 Å². The van der Waals surface area contributed by atoms with E-state index in [1.165, 1.54) is 0 Å². The fourth-order valence-corrected chi connectivity index (χ4v) is 1.76. The van der Waals surface area contributed by atoms with Crippen LogP contribution in [0, 0.1) is 5.92 Å². The van der Waals surface area contributed by atoms with E-state index in [9.17, 15) is 4.79 Å². The van der Waals surface area contributed by atoms with E-state index < -0.39 is 6.23 Å². The van der Waals surface area contributed by atoms with Crippen LogP contribution in [0.2, 0.25) is 0 Å². The van der Waals surface area contributed by atoms with Crippen molar-refractivity contribution in [3.8, 4) is 0 Å². The molecule has 0 spiro atoms. The van der Waals surface area contributed by atoms with Gasteiger partial charge in [0.1, 0.15) is 12.5 Å². The zero-order valence-corrected chi connectivity index (χ0v) is 7.49. The second kappa shape index (κ2) is 4.58. The van der Waals surface area contributed by atoms with E-state index in [1.54, 1.807) is 6.92 Å². The molecule has 0 aromatic carbocycles. The maximum Gasteiger partial charge on any atom is 0.123 e. The molecule has 70 valence electrons. The number of hydrogen-bond donors (Lipinski definition) is 2. The van der Waals surface area contributed by atoms with Crippen LogP contribution in [-0.4, -0.2) is 23.7 Å². The Bertz CT molecular complexity index is 139. The second-order valence-electron chi connectivity index (χ2n) is 3.59. The molecule has 0 aliphatic heterocycles. The van der Waals surface area contributed by atoms with E-state index in [4.69, 9.17) is 5.11 Å². The highest BCUT2D eigenvalue weighted by Gasteiger charge is 2.20. The van der Waals surface area contributed by atoms with Gasteiger partial charge in [-0.2, -0.15) is 0 Å². The molecule has 1 unspecified atom stereocenters. The lowest BCUT2D eigenvalue weighted by atomic mass is 9.87. The van der Waals surface area contributed by atoms with Gasteiger partial charge in [-0.25, -0.2) is 0 Å². The number of hydrogen-bond acceptors (Lipinski definition) is 3. The average Bonchev–Trinajstić information content (AvgIpc) is 2.05. The van der Waals surface area contributed by atoms with Crippen LogP contribution in [0.25, 0.3) is 0 Å². The van der Waals surface area contributed by atoms with E-state index in [2.05, 4.69) is 5.32 Å². The summed E-state index contributed by atoms with van der Waals surface area (Å²) in [7, 11) is 0. The first-order chi connectivity index (χ1) is 5.72. The minimum Gasteiger partial charge on any atom is -0.379 e. The third-order valence-electron chi connectivity index (χ3n) is 2.44. The lowest BCUT2D eigenvalue weighted by molar-refractivity contribution is -0.112. The largest absolute Gasteiger partial charge is 0.379 e. The van der Waals surface area contributed by atoms with Crippen molar-refractivity contribution >= 4 is 6.29 Å². The third-order valence-corrected chi connectivity index (χ3v) is 2.44. The average molecular weight is 171 g/mol. The molecule has 0 aromatic rings. The summed E-state index contributed by atoms with van der Waals surface area (Å²) >= 11 is 0. The number of aldehydes is 1. The quantitative estimate of drug-likeness (QED) is 0.485. The fourth-order valence-electron chi connectivity index (χ4n) is 1.76. The van der Waals surface area contributed by atoms with E-state index in [0.717, 1.165) is 32.0 Å². The highest BCUT2D eigenvalue weighted by molar-refractivity contribution is 5.53. The molecule has 0 heterocycles. The highest BCUT2D eigenvalue weighted by Crippen LogP contribution is 2.22. The molecule has 1 aliphatic carbocycles. The number of aliphatic hydroxyl groups is 1. The van der Waals surface area contributed by atoms with Crippen molar-refractivity contribution in [3.63, 3.8) is 0 Å². The van der Waals surface area contributed by atoms with E-state index >= 15 is 0 Å². The molecule has 1 rings (SSSR count). The van der Waals surface area contributed by atoms with Crippen molar-refractivity contribution in [2.24, 2.45) is 5.92 Å². The van der Waals surface area contributed by atoms with Crippen molar-refractivity contribution in [2.75, 3.05) is 0 Å². The first kappa shape index (κ1) is 9.68. The van der Waals surface area contributed by atoms with Gasteiger partial charge in [-0.15, -0.1) is 0 Å². The lowest BCUT2D eigenvalue weighted by Crippen LogP contribution is -2.39. The Balaban J connectivity index is 2.21. The molecule has 1 aliphatic rings. The Hall–Kier alpha value is -0.410. The van der Waals surface area contributed by atoms with Gasteiger partial charge in [0, 0.05) is 12.0 Å². The molecular formula is C9H17NO2. The molecule has 12 heavy (non-hydrogen) atoms. The molecule has 0 aromatic heterocycles. The lowest BCUT2D eigenvalue weighted by Gasteiger charge is -2.27. The van der Waals surface area contributed by atoms with Gasteiger partial charge in [-0.3, -0.25) is 5.32 Å². The van der Waals surface area contributed by atoms with Crippen molar-refractivity contribution < 1.29 is 9.90 Å². The molecule has 3 nitrogen and oxygen atoms in total. The monoisotopic (exact) mass is 171 g/mol. The molecule has 1 saturated carbocycles. The van der Waals surface area contributed by atoms with Gasteiger partial charge in [0.05, 0.1) is 0 Å². The maximum absolute atomic E-state index is 10.4. The van der Waals surface area contributed by atoms with Crippen LogP contribution in [0.4, 0.5) is 0 Å². The number of carbonyl (C=O) groups excluding carboxylic acids is 1. The number of aliphatic hydroxyl groups excluding tert-OH is 1. The molecule has 0 amide bonds. The number of rotatable bonds is 3. The number of nitrogens with one attached hydrogen (secondary N) is 1. The van der Waals surface area contributed by atoms with Crippen LogP contribution in [0.3, 0.4) is 0 Å². The molecule has 0 bridgehead atoms. The van der Waals surface area contributed by atoms with E-state index in [1.807, 2.05) is 0 Å². The van der Waals surface area contributed by atoms with Crippen LogP contribution >= 0.6 is 0 Å². The Labute approximate surface area is 73.2 Å². The topological polar surface area (TPSA) is 49.3 Å². The number of carbonyl (C=O) groups is 1. The van der Waals surface area contributed by atoms with Crippen LogP contribution in [0.15, 0.2) is 0 Å². The van der Waals surface area contributed by atoms with E-state index in [0.29, 0.717) is 6.04 Å². The first-order valence-electron chi connectivity index (χ1n) is 4.61. The van der Waals surface area contributed by atoms with Crippen LogP contribution in [0.1, 0.15) is 32.6 Å². The summed E-state index contributed by atoms with van der Waals surface area (Å²) in [6.45, 7) is 1.73. The molecule has 1 atom stereocenters. The highest BCUT2D eigenvalue weighted by atomic mass is 16.3.